The highest BCUT2D eigenvalue weighted by molar-refractivity contribution is 7.08. The third-order valence-corrected chi connectivity index (χ3v) is 5.43. The molecule has 0 spiro atoms. The third kappa shape index (κ3) is 3.62. The number of hydrogen-bond donors (Lipinski definition) is 0. The van der Waals surface area contributed by atoms with Crippen LogP contribution in [0.25, 0.3) is 11.3 Å². The van der Waals surface area contributed by atoms with E-state index < -0.39 is 0 Å². The molecule has 0 unspecified atom stereocenters. The minimum Gasteiger partial charge on any atom is -0.336 e. The number of halogens is 1. The lowest BCUT2D eigenvalue weighted by Gasteiger charge is -2.19. The number of rotatable bonds is 3. The normalized spacial score (nSPS) is 14.2. The Morgan fingerprint density at radius 1 is 1.20 bits per heavy atom. The van der Waals surface area contributed by atoms with Gasteiger partial charge in [0.05, 0.1) is 24.4 Å². The van der Waals surface area contributed by atoms with Crippen LogP contribution in [0.5, 0.6) is 0 Å². The Labute approximate surface area is 155 Å². The maximum absolute atomic E-state index is 12.6. The van der Waals surface area contributed by atoms with Crippen molar-refractivity contribution >= 4 is 28.8 Å². The van der Waals surface area contributed by atoms with Gasteiger partial charge < -0.3 is 4.90 Å². The van der Waals surface area contributed by atoms with Crippen molar-refractivity contribution in [3.63, 3.8) is 0 Å². The Morgan fingerprint density at radius 3 is 2.80 bits per heavy atom. The first-order valence-electron chi connectivity index (χ1n) is 8.30. The molecule has 4 nitrogen and oxygen atoms in total. The molecule has 0 saturated heterocycles. The van der Waals surface area contributed by atoms with Crippen molar-refractivity contribution in [3.05, 3.63) is 63.4 Å². The van der Waals surface area contributed by atoms with Crippen molar-refractivity contribution in [1.82, 2.24) is 14.7 Å². The summed E-state index contributed by atoms with van der Waals surface area (Å²) in [4.78, 5) is 14.6. The third-order valence-electron chi connectivity index (χ3n) is 4.44. The summed E-state index contributed by atoms with van der Waals surface area (Å²) in [5.74, 6) is 0.182. The van der Waals surface area contributed by atoms with Crippen LogP contribution in [-0.4, -0.2) is 27.1 Å². The smallest absolute Gasteiger partial charge is 0.227 e. The molecule has 4 rings (SSSR count). The first kappa shape index (κ1) is 16.4. The standard InChI is InChI=1S/C19H18ClN3OS/c20-16-4-2-15(3-5-16)18-11-17-12-22(7-1-8-23(17)21-18)19(24)10-14-6-9-25-13-14/h2-6,9,11,13H,1,7-8,10,12H2. The summed E-state index contributed by atoms with van der Waals surface area (Å²) in [6.45, 7) is 2.23. The van der Waals surface area contributed by atoms with Gasteiger partial charge in [-0.25, -0.2) is 0 Å². The molecule has 1 aliphatic heterocycles. The molecule has 3 heterocycles. The first-order chi connectivity index (χ1) is 12.2. The lowest BCUT2D eigenvalue weighted by Crippen LogP contribution is -2.31. The molecule has 3 aromatic rings. The van der Waals surface area contributed by atoms with E-state index in [1.807, 2.05) is 50.7 Å². The van der Waals surface area contributed by atoms with Crippen LogP contribution >= 0.6 is 22.9 Å². The fourth-order valence-corrected chi connectivity index (χ4v) is 3.91. The van der Waals surface area contributed by atoms with E-state index in [1.54, 1.807) is 11.3 Å². The van der Waals surface area contributed by atoms with E-state index in [9.17, 15) is 4.79 Å². The van der Waals surface area contributed by atoms with Gasteiger partial charge in [-0.2, -0.15) is 16.4 Å². The molecular formula is C19H18ClN3OS. The maximum Gasteiger partial charge on any atom is 0.227 e. The second-order valence-electron chi connectivity index (χ2n) is 6.23. The molecule has 0 bridgehead atoms. The number of carbonyl (C=O) groups excluding carboxylic acids is 1. The van der Waals surface area contributed by atoms with E-state index in [4.69, 9.17) is 16.7 Å². The van der Waals surface area contributed by atoms with Gasteiger partial charge in [0.15, 0.2) is 0 Å². The van der Waals surface area contributed by atoms with E-state index in [-0.39, 0.29) is 5.91 Å². The van der Waals surface area contributed by atoms with Crippen LogP contribution in [0.2, 0.25) is 5.02 Å². The molecule has 1 aromatic carbocycles. The van der Waals surface area contributed by atoms with Crippen LogP contribution in [-0.2, 0) is 24.3 Å². The number of nitrogens with zero attached hydrogens (tertiary/aromatic N) is 3. The zero-order chi connectivity index (χ0) is 17.2. The number of benzene rings is 1. The SMILES string of the molecule is O=C(Cc1ccsc1)N1CCCn2nc(-c3ccc(Cl)cc3)cc2C1. The molecule has 0 radical (unpaired) electrons. The van der Waals surface area contributed by atoms with Crippen LogP contribution in [0, 0.1) is 0 Å². The average Bonchev–Trinajstić information content (AvgIpc) is 3.21. The van der Waals surface area contributed by atoms with Crippen molar-refractivity contribution in [2.75, 3.05) is 6.54 Å². The summed E-state index contributed by atoms with van der Waals surface area (Å²) in [5, 5.41) is 9.49. The van der Waals surface area contributed by atoms with E-state index in [1.165, 1.54) is 0 Å². The molecule has 2 aromatic heterocycles. The van der Waals surface area contributed by atoms with Gasteiger partial charge in [-0.05, 0) is 47.0 Å². The predicted molar refractivity (Wildman–Crippen MR) is 101 cm³/mol. The fourth-order valence-electron chi connectivity index (χ4n) is 3.12. The van der Waals surface area contributed by atoms with Crippen LogP contribution < -0.4 is 0 Å². The van der Waals surface area contributed by atoms with E-state index in [2.05, 4.69) is 6.07 Å². The monoisotopic (exact) mass is 371 g/mol. The molecule has 1 amide bonds. The van der Waals surface area contributed by atoms with Crippen molar-refractivity contribution in [3.8, 4) is 11.3 Å². The van der Waals surface area contributed by atoms with Crippen molar-refractivity contribution in [2.24, 2.45) is 0 Å². The molecule has 128 valence electrons. The van der Waals surface area contributed by atoms with E-state index >= 15 is 0 Å². The van der Waals surface area contributed by atoms with Gasteiger partial charge in [0.25, 0.3) is 0 Å². The van der Waals surface area contributed by atoms with Gasteiger partial charge in [0.2, 0.25) is 5.91 Å². The first-order valence-corrected chi connectivity index (χ1v) is 9.62. The number of thiophene rings is 1. The topological polar surface area (TPSA) is 38.1 Å². The molecule has 0 fully saturated rings. The molecule has 25 heavy (non-hydrogen) atoms. The zero-order valence-electron chi connectivity index (χ0n) is 13.7. The van der Waals surface area contributed by atoms with Crippen molar-refractivity contribution < 1.29 is 4.79 Å². The fraction of sp³-hybridized carbons (Fsp3) is 0.263. The molecule has 6 heteroatoms. The maximum atomic E-state index is 12.6. The zero-order valence-corrected chi connectivity index (χ0v) is 15.3. The molecule has 0 aliphatic carbocycles. The Hall–Kier alpha value is -2.11. The molecule has 0 atom stereocenters. The minimum absolute atomic E-state index is 0.182. The summed E-state index contributed by atoms with van der Waals surface area (Å²) in [7, 11) is 0. The highest BCUT2D eigenvalue weighted by Crippen LogP contribution is 2.24. The second-order valence-corrected chi connectivity index (χ2v) is 7.44. The van der Waals surface area contributed by atoms with Gasteiger partial charge >= 0.3 is 0 Å². The Bertz CT molecular complexity index is 871. The Balaban J connectivity index is 1.54. The number of hydrogen-bond acceptors (Lipinski definition) is 3. The number of aromatic nitrogens is 2. The molecule has 0 N–H and O–H groups in total. The predicted octanol–water partition coefficient (Wildman–Crippen LogP) is 4.24. The highest BCUT2D eigenvalue weighted by atomic mass is 35.5. The van der Waals surface area contributed by atoms with Crippen LogP contribution in [0.1, 0.15) is 17.7 Å². The van der Waals surface area contributed by atoms with Gasteiger partial charge in [0.1, 0.15) is 0 Å². The largest absolute Gasteiger partial charge is 0.336 e. The van der Waals surface area contributed by atoms with Gasteiger partial charge in [-0.3, -0.25) is 9.48 Å². The molecule has 1 aliphatic rings. The van der Waals surface area contributed by atoms with Gasteiger partial charge in [-0.1, -0.05) is 23.7 Å². The average molecular weight is 372 g/mol. The highest BCUT2D eigenvalue weighted by Gasteiger charge is 2.21. The van der Waals surface area contributed by atoms with Crippen molar-refractivity contribution in [2.45, 2.75) is 25.9 Å². The number of carbonyl (C=O) groups is 1. The summed E-state index contributed by atoms with van der Waals surface area (Å²) < 4.78 is 2.03. The van der Waals surface area contributed by atoms with Crippen LogP contribution in [0.4, 0.5) is 0 Å². The van der Waals surface area contributed by atoms with Crippen molar-refractivity contribution in [1.29, 1.82) is 0 Å². The van der Waals surface area contributed by atoms with Gasteiger partial charge in [0, 0.05) is 23.7 Å². The Morgan fingerprint density at radius 2 is 2.04 bits per heavy atom. The number of amides is 1. The number of fused-ring (bicyclic) bond motifs is 1. The summed E-state index contributed by atoms with van der Waals surface area (Å²) in [6, 6.07) is 11.8. The lowest BCUT2D eigenvalue weighted by molar-refractivity contribution is -0.131. The molecule has 0 saturated carbocycles. The summed E-state index contributed by atoms with van der Waals surface area (Å²) in [6.07, 6.45) is 1.39. The Kier molecular flexibility index (Phi) is 4.59. The summed E-state index contributed by atoms with van der Waals surface area (Å²) >= 11 is 7.59. The quantitative estimate of drug-likeness (QED) is 0.690. The van der Waals surface area contributed by atoms with E-state index in [0.29, 0.717) is 13.0 Å². The number of aryl methyl sites for hydroxylation is 1. The van der Waals surface area contributed by atoms with E-state index in [0.717, 1.165) is 47.0 Å². The molecular weight excluding hydrogens is 354 g/mol. The minimum atomic E-state index is 0.182. The van der Waals surface area contributed by atoms with Crippen LogP contribution in [0.3, 0.4) is 0 Å². The van der Waals surface area contributed by atoms with Crippen LogP contribution in [0.15, 0.2) is 47.2 Å². The second kappa shape index (κ2) is 7.02. The summed E-state index contributed by atoms with van der Waals surface area (Å²) in [5.41, 5.74) is 4.15. The lowest BCUT2D eigenvalue weighted by atomic mass is 10.1. The van der Waals surface area contributed by atoms with Gasteiger partial charge in [-0.15, -0.1) is 0 Å².